The Morgan fingerprint density at radius 3 is 2.44 bits per heavy atom. The van der Waals surface area contributed by atoms with Crippen molar-refractivity contribution in [2.75, 3.05) is 0 Å². The van der Waals surface area contributed by atoms with Crippen molar-refractivity contribution in [3.63, 3.8) is 0 Å². The predicted molar refractivity (Wildman–Crippen MR) is 64.6 cm³/mol. The van der Waals surface area contributed by atoms with E-state index in [0.717, 1.165) is 11.2 Å². The van der Waals surface area contributed by atoms with Crippen molar-refractivity contribution in [2.24, 2.45) is 0 Å². The molecule has 0 N–H and O–H groups in total. The summed E-state index contributed by atoms with van der Waals surface area (Å²) in [4.78, 5) is 23.3. The number of aldehydes is 1. The van der Waals surface area contributed by atoms with Crippen LogP contribution in [-0.2, 0) is 9.53 Å². The molecule has 1 aromatic rings. The highest BCUT2D eigenvalue weighted by Crippen LogP contribution is 2.16. The zero-order chi connectivity index (χ0) is 12.2. The van der Waals surface area contributed by atoms with Crippen LogP contribution in [0.15, 0.2) is 18.2 Å². The van der Waals surface area contributed by atoms with Gasteiger partial charge in [0.05, 0.1) is 4.88 Å². The maximum Gasteiger partial charge on any atom is 0.331 e. The fourth-order valence-electron chi connectivity index (χ4n) is 1.01. The van der Waals surface area contributed by atoms with Crippen LogP contribution in [0.5, 0.6) is 0 Å². The lowest BCUT2D eigenvalue weighted by molar-refractivity contribution is -0.148. The normalized spacial score (nSPS) is 11.7. The molecule has 86 valence electrons. The number of thiophene rings is 1. The summed E-state index contributed by atoms with van der Waals surface area (Å²) >= 11 is 1.33. The third-order valence-electron chi connectivity index (χ3n) is 1.55. The lowest BCUT2D eigenvalue weighted by Crippen LogP contribution is -2.22. The van der Waals surface area contributed by atoms with Gasteiger partial charge in [0, 0.05) is 11.0 Å². The minimum Gasteiger partial charge on any atom is -0.457 e. The zero-order valence-electron chi connectivity index (χ0n) is 9.52. The van der Waals surface area contributed by atoms with Crippen LogP contribution < -0.4 is 0 Å². The lowest BCUT2D eigenvalue weighted by Gasteiger charge is -2.17. The largest absolute Gasteiger partial charge is 0.457 e. The highest BCUT2D eigenvalue weighted by molar-refractivity contribution is 7.14. The SMILES string of the molecule is CC(C)(C)OC(=O)/C=C/c1ccc(C=O)s1. The molecule has 1 heterocycles. The molecule has 0 aliphatic heterocycles. The summed E-state index contributed by atoms with van der Waals surface area (Å²) in [6, 6.07) is 3.50. The number of hydrogen-bond acceptors (Lipinski definition) is 4. The molecule has 0 radical (unpaired) electrons. The first-order chi connectivity index (χ1) is 7.40. The Labute approximate surface area is 98.7 Å². The van der Waals surface area contributed by atoms with Gasteiger partial charge in [-0.05, 0) is 39.0 Å². The van der Waals surface area contributed by atoms with E-state index in [1.807, 2.05) is 20.8 Å². The molecule has 0 atom stereocenters. The van der Waals surface area contributed by atoms with Gasteiger partial charge < -0.3 is 4.74 Å². The summed E-state index contributed by atoms with van der Waals surface area (Å²) in [6.45, 7) is 5.44. The predicted octanol–water partition coefficient (Wildman–Crippen LogP) is 2.92. The average Bonchev–Trinajstić information content (AvgIpc) is 2.59. The van der Waals surface area contributed by atoms with E-state index in [1.54, 1.807) is 18.2 Å². The van der Waals surface area contributed by atoms with Crippen molar-refractivity contribution in [1.82, 2.24) is 0 Å². The van der Waals surface area contributed by atoms with E-state index >= 15 is 0 Å². The number of rotatable bonds is 3. The van der Waals surface area contributed by atoms with E-state index in [0.29, 0.717) is 4.88 Å². The Bertz CT molecular complexity index is 410. The van der Waals surface area contributed by atoms with E-state index in [4.69, 9.17) is 4.74 Å². The van der Waals surface area contributed by atoms with Crippen molar-refractivity contribution in [1.29, 1.82) is 0 Å². The van der Waals surface area contributed by atoms with Crippen molar-refractivity contribution < 1.29 is 14.3 Å². The number of carbonyl (C=O) groups is 2. The van der Waals surface area contributed by atoms with Crippen molar-refractivity contribution in [2.45, 2.75) is 26.4 Å². The van der Waals surface area contributed by atoms with Crippen molar-refractivity contribution in [3.8, 4) is 0 Å². The van der Waals surface area contributed by atoms with Gasteiger partial charge in [-0.25, -0.2) is 4.79 Å². The second-order valence-electron chi connectivity index (χ2n) is 4.22. The Morgan fingerprint density at radius 1 is 1.31 bits per heavy atom. The van der Waals surface area contributed by atoms with E-state index in [9.17, 15) is 9.59 Å². The van der Waals surface area contributed by atoms with Gasteiger partial charge in [-0.3, -0.25) is 4.79 Å². The van der Waals surface area contributed by atoms with Crippen LogP contribution in [0.1, 0.15) is 35.3 Å². The molecule has 0 saturated carbocycles. The first-order valence-corrected chi connectivity index (χ1v) is 5.68. The molecule has 0 amide bonds. The van der Waals surface area contributed by atoms with Gasteiger partial charge in [-0.2, -0.15) is 0 Å². The average molecular weight is 238 g/mol. The molecular formula is C12H14O3S. The van der Waals surface area contributed by atoms with Crippen LogP contribution in [0.25, 0.3) is 6.08 Å². The van der Waals surface area contributed by atoms with Gasteiger partial charge in [-0.1, -0.05) is 0 Å². The molecule has 0 spiro atoms. The molecule has 0 saturated heterocycles. The van der Waals surface area contributed by atoms with E-state index in [1.165, 1.54) is 17.4 Å². The molecule has 4 heteroatoms. The minimum absolute atomic E-state index is 0.381. The summed E-state index contributed by atoms with van der Waals surface area (Å²) in [7, 11) is 0. The summed E-state index contributed by atoms with van der Waals surface area (Å²) in [5.41, 5.74) is -0.481. The molecular weight excluding hydrogens is 224 g/mol. The monoisotopic (exact) mass is 238 g/mol. The maximum absolute atomic E-state index is 11.3. The molecule has 0 fully saturated rings. The second kappa shape index (κ2) is 5.07. The molecule has 0 aliphatic carbocycles. The van der Waals surface area contributed by atoms with Gasteiger partial charge in [0.2, 0.25) is 0 Å². The molecule has 16 heavy (non-hydrogen) atoms. The molecule has 0 bridgehead atoms. The third kappa shape index (κ3) is 4.40. The maximum atomic E-state index is 11.3. The van der Waals surface area contributed by atoms with E-state index < -0.39 is 5.60 Å². The van der Waals surface area contributed by atoms with E-state index in [2.05, 4.69) is 0 Å². The highest BCUT2D eigenvalue weighted by atomic mass is 32.1. The molecule has 1 aromatic heterocycles. The van der Waals surface area contributed by atoms with E-state index in [-0.39, 0.29) is 5.97 Å². The molecule has 0 aliphatic rings. The Balaban J connectivity index is 2.60. The molecule has 0 aromatic carbocycles. The Kier molecular flexibility index (Phi) is 4.01. The summed E-state index contributed by atoms with van der Waals surface area (Å²) in [6.07, 6.45) is 3.80. The highest BCUT2D eigenvalue weighted by Gasteiger charge is 2.13. The quantitative estimate of drug-likeness (QED) is 0.462. The van der Waals surface area contributed by atoms with Gasteiger partial charge in [-0.15, -0.1) is 11.3 Å². The zero-order valence-corrected chi connectivity index (χ0v) is 10.3. The van der Waals surface area contributed by atoms with Crippen LogP contribution >= 0.6 is 11.3 Å². The number of ether oxygens (including phenoxy) is 1. The first kappa shape index (κ1) is 12.6. The van der Waals surface area contributed by atoms with Crippen LogP contribution in [0.3, 0.4) is 0 Å². The molecule has 1 rings (SSSR count). The van der Waals surface area contributed by atoms with Crippen LogP contribution in [-0.4, -0.2) is 17.9 Å². The van der Waals surface area contributed by atoms with Crippen molar-refractivity contribution >= 4 is 29.7 Å². The standard InChI is InChI=1S/C12H14O3S/c1-12(2,3)15-11(14)7-6-9-4-5-10(8-13)16-9/h4-8H,1-3H3/b7-6+. The van der Waals surface area contributed by atoms with Gasteiger partial charge in [0.15, 0.2) is 6.29 Å². The molecule has 3 nitrogen and oxygen atoms in total. The number of hydrogen-bond donors (Lipinski definition) is 0. The lowest BCUT2D eigenvalue weighted by atomic mass is 10.2. The van der Waals surface area contributed by atoms with Gasteiger partial charge >= 0.3 is 5.97 Å². The van der Waals surface area contributed by atoms with Gasteiger partial charge in [0.1, 0.15) is 5.60 Å². The smallest absolute Gasteiger partial charge is 0.331 e. The topological polar surface area (TPSA) is 43.4 Å². The summed E-state index contributed by atoms with van der Waals surface area (Å²) in [5, 5.41) is 0. The number of esters is 1. The first-order valence-electron chi connectivity index (χ1n) is 4.87. The second-order valence-corrected chi connectivity index (χ2v) is 5.37. The van der Waals surface area contributed by atoms with Gasteiger partial charge in [0.25, 0.3) is 0 Å². The van der Waals surface area contributed by atoms with Crippen LogP contribution in [0, 0.1) is 0 Å². The minimum atomic E-state index is -0.481. The fourth-order valence-corrected chi connectivity index (χ4v) is 1.74. The third-order valence-corrected chi connectivity index (χ3v) is 2.53. The summed E-state index contributed by atoms with van der Waals surface area (Å²) < 4.78 is 5.10. The van der Waals surface area contributed by atoms with Crippen LogP contribution in [0.4, 0.5) is 0 Å². The Hall–Kier alpha value is -1.42. The summed E-state index contributed by atoms with van der Waals surface area (Å²) in [5.74, 6) is -0.381. The van der Waals surface area contributed by atoms with Crippen molar-refractivity contribution in [3.05, 3.63) is 28.0 Å². The van der Waals surface area contributed by atoms with Crippen LogP contribution in [0.2, 0.25) is 0 Å². The fraction of sp³-hybridized carbons (Fsp3) is 0.333. The molecule has 0 unspecified atom stereocenters. The Morgan fingerprint density at radius 2 is 1.94 bits per heavy atom. The number of carbonyl (C=O) groups excluding carboxylic acids is 2.